The smallest absolute Gasteiger partial charge is 0.247 e. The number of nitrogens with zero attached hydrogens (tertiary/aromatic N) is 1. The Hall–Kier alpha value is -2.14. The van der Waals surface area contributed by atoms with Crippen molar-refractivity contribution in [2.75, 3.05) is 5.32 Å². The summed E-state index contributed by atoms with van der Waals surface area (Å²) in [6.07, 6.45) is 4.70. The van der Waals surface area contributed by atoms with Crippen molar-refractivity contribution in [1.29, 1.82) is 0 Å². The van der Waals surface area contributed by atoms with E-state index >= 15 is 0 Å². The summed E-state index contributed by atoms with van der Waals surface area (Å²) >= 11 is 0. The molecule has 0 aliphatic heterocycles. The van der Waals surface area contributed by atoms with E-state index in [1.54, 1.807) is 13.0 Å². The van der Waals surface area contributed by atoms with Crippen molar-refractivity contribution in [2.24, 2.45) is 0 Å². The third kappa shape index (κ3) is 3.54. The molecule has 1 heterocycles. The minimum absolute atomic E-state index is 0.105. The summed E-state index contributed by atoms with van der Waals surface area (Å²) < 4.78 is 5.00. The van der Waals surface area contributed by atoms with Crippen molar-refractivity contribution in [3.63, 3.8) is 0 Å². The number of carbonyl (C=O) groups is 1. The minimum Gasteiger partial charge on any atom is -0.360 e. The zero-order chi connectivity index (χ0) is 15.4. The maximum Gasteiger partial charge on any atom is 0.247 e. The number of amides is 1. The second-order valence-corrected chi connectivity index (χ2v) is 5.80. The van der Waals surface area contributed by atoms with Crippen molar-refractivity contribution in [2.45, 2.75) is 44.7 Å². The first-order valence-electron chi connectivity index (χ1n) is 7.77. The lowest BCUT2D eigenvalue weighted by molar-refractivity contribution is -0.118. The molecule has 5 nitrogen and oxygen atoms in total. The standard InChI is InChI=1S/C17H21N3O2/c1-12-11-15(20-22-12)19-17(21)16(13-7-3-2-4-8-13)18-14-9-5-6-10-14/h2-4,7-8,11,14,16,18H,5-6,9-10H2,1H3,(H,19,20,21). The van der Waals surface area contributed by atoms with Crippen LogP contribution in [0.2, 0.25) is 0 Å². The Labute approximate surface area is 130 Å². The third-order valence-electron chi connectivity index (χ3n) is 4.03. The van der Waals surface area contributed by atoms with Crippen LogP contribution in [0, 0.1) is 6.92 Å². The molecule has 0 spiro atoms. The highest BCUT2D eigenvalue weighted by Crippen LogP contribution is 2.23. The lowest BCUT2D eigenvalue weighted by Gasteiger charge is -2.22. The summed E-state index contributed by atoms with van der Waals surface area (Å²) in [7, 11) is 0. The molecule has 2 N–H and O–H groups in total. The van der Waals surface area contributed by atoms with Crippen LogP contribution < -0.4 is 10.6 Å². The summed E-state index contributed by atoms with van der Waals surface area (Å²) in [5.41, 5.74) is 0.965. The summed E-state index contributed by atoms with van der Waals surface area (Å²) in [6, 6.07) is 11.5. The second kappa shape index (κ2) is 6.75. The molecule has 0 saturated heterocycles. The van der Waals surface area contributed by atoms with Crippen molar-refractivity contribution in [3.8, 4) is 0 Å². The van der Waals surface area contributed by atoms with Crippen LogP contribution in [0.5, 0.6) is 0 Å². The average Bonchev–Trinajstić information content (AvgIpc) is 3.17. The first kappa shape index (κ1) is 14.8. The number of aryl methyl sites for hydroxylation is 1. The van der Waals surface area contributed by atoms with E-state index in [2.05, 4.69) is 15.8 Å². The van der Waals surface area contributed by atoms with Crippen LogP contribution in [0.3, 0.4) is 0 Å². The molecule has 22 heavy (non-hydrogen) atoms. The summed E-state index contributed by atoms with van der Waals surface area (Å²) in [5, 5.41) is 10.1. The minimum atomic E-state index is -0.374. The monoisotopic (exact) mass is 299 g/mol. The molecule has 1 unspecified atom stereocenters. The van der Waals surface area contributed by atoms with Gasteiger partial charge in [0.2, 0.25) is 5.91 Å². The van der Waals surface area contributed by atoms with Crippen LogP contribution >= 0.6 is 0 Å². The average molecular weight is 299 g/mol. The Morgan fingerprint density at radius 1 is 1.27 bits per heavy atom. The van der Waals surface area contributed by atoms with Crippen LogP contribution in [-0.2, 0) is 4.79 Å². The maximum absolute atomic E-state index is 12.7. The number of aromatic nitrogens is 1. The topological polar surface area (TPSA) is 67.2 Å². The van der Waals surface area contributed by atoms with Crippen molar-refractivity contribution in [3.05, 3.63) is 47.7 Å². The summed E-state index contributed by atoms with van der Waals surface area (Å²) in [4.78, 5) is 12.7. The van der Waals surface area contributed by atoms with Gasteiger partial charge in [0.15, 0.2) is 5.82 Å². The molecule has 1 fully saturated rings. The highest BCUT2D eigenvalue weighted by Gasteiger charge is 2.26. The van der Waals surface area contributed by atoms with E-state index in [9.17, 15) is 4.79 Å². The van der Waals surface area contributed by atoms with Gasteiger partial charge in [-0.2, -0.15) is 0 Å². The molecule has 0 radical (unpaired) electrons. The van der Waals surface area contributed by atoms with Gasteiger partial charge < -0.3 is 9.84 Å². The van der Waals surface area contributed by atoms with Crippen LogP contribution in [-0.4, -0.2) is 17.1 Å². The molecule has 1 saturated carbocycles. The molecule has 0 bridgehead atoms. The number of carbonyl (C=O) groups excluding carboxylic acids is 1. The largest absolute Gasteiger partial charge is 0.360 e. The van der Waals surface area contributed by atoms with Gasteiger partial charge in [-0.25, -0.2) is 0 Å². The van der Waals surface area contributed by atoms with Gasteiger partial charge >= 0.3 is 0 Å². The first-order valence-corrected chi connectivity index (χ1v) is 7.77. The normalized spacial score (nSPS) is 16.6. The SMILES string of the molecule is Cc1cc(NC(=O)C(NC2CCCC2)c2ccccc2)no1. The number of anilines is 1. The fourth-order valence-electron chi connectivity index (χ4n) is 2.92. The lowest BCUT2D eigenvalue weighted by Crippen LogP contribution is -2.38. The fraction of sp³-hybridized carbons (Fsp3) is 0.412. The van der Waals surface area contributed by atoms with E-state index in [1.165, 1.54) is 12.8 Å². The number of rotatable bonds is 5. The molecule has 5 heteroatoms. The lowest BCUT2D eigenvalue weighted by atomic mass is 10.0. The first-order chi connectivity index (χ1) is 10.7. The number of benzene rings is 1. The Morgan fingerprint density at radius 3 is 2.64 bits per heavy atom. The molecule has 2 aromatic rings. The van der Waals surface area contributed by atoms with Gasteiger partial charge in [0.1, 0.15) is 11.8 Å². The van der Waals surface area contributed by atoms with Crippen molar-refractivity contribution in [1.82, 2.24) is 10.5 Å². The van der Waals surface area contributed by atoms with E-state index in [-0.39, 0.29) is 11.9 Å². The van der Waals surface area contributed by atoms with Crippen LogP contribution in [0.25, 0.3) is 0 Å². The molecule has 1 aliphatic rings. The molecule has 116 valence electrons. The highest BCUT2D eigenvalue weighted by molar-refractivity contribution is 5.94. The highest BCUT2D eigenvalue weighted by atomic mass is 16.5. The molecular formula is C17H21N3O2. The number of nitrogens with one attached hydrogen (secondary N) is 2. The third-order valence-corrected chi connectivity index (χ3v) is 4.03. The maximum atomic E-state index is 12.7. The van der Waals surface area contributed by atoms with E-state index in [0.717, 1.165) is 18.4 Å². The Balaban J connectivity index is 1.76. The van der Waals surface area contributed by atoms with Crippen molar-refractivity contribution < 1.29 is 9.32 Å². The summed E-state index contributed by atoms with van der Waals surface area (Å²) in [6.45, 7) is 1.80. The Bertz CT molecular complexity index is 618. The van der Waals surface area contributed by atoms with E-state index in [1.807, 2.05) is 30.3 Å². The predicted molar refractivity (Wildman–Crippen MR) is 84.4 cm³/mol. The number of hydrogen-bond acceptors (Lipinski definition) is 4. The molecule has 1 aromatic heterocycles. The van der Waals surface area contributed by atoms with Crippen molar-refractivity contribution >= 4 is 11.7 Å². The molecule has 1 aromatic carbocycles. The van der Waals surface area contributed by atoms with Crippen LogP contribution in [0.1, 0.15) is 43.0 Å². The zero-order valence-corrected chi connectivity index (χ0v) is 12.7. The second-order valence-electron chi connectivity index (χ2n) is 5.80. The zero-order valence-electron chi connectivity index (χ0n) is 12.7. The molecule has 1 aliphatic carbocycles. The van der Waals surface area contributed by atoms with E-state index in [4.69, 9.17) is 4.52 Å². The van der Waals surface area contributed by atoms with Crippen LogP contribution in [0.4, 0.5) is 5.82 Å². The van der Waals surface area contributed by atoms with Gasteiger partial charge in [-0.05, 0) is 25.3 Å². The Morgan fingerprint density at radius 2 is 2.00 bits per heavy atom. The summed E-state index contributed by atoms with van der Waals surface area (Å²) in [5.74, 6) is 1.03. The van der Waals surface area contributed by atoms with Gasteiger partial charge in [-0.3, -0.25) is 10.1 Å². The quantitative estimate of drug-likeness (QED) is 0.889. The van der Waals surface area contributed by atoms with E-state index in [0.29, 0.717) is 17.6 Å². The molecule has 1 amide bonds. The molecule has 1 atom stereocenters. The van der Waals surface area contributed by atoms with Gasteiger partial charge in [-0.15, -0.1) is 0 Å². The van der Waals surface area contributed by atoms with Gasteiger partial charge in [0.25, 0.3) is 0 Å². The van der Waals surface area contributed by atoms with Crippen LogP contribution in [0.15, 0.2) is 40.9 Å². The fourth-order valence-corrected chi connectivity index (χ4v) is 2.92. The van der Waals surface area contributed by atoms with Gasteiger partial charge in [0.05, 0.1) is 0 Å². The predicted octanol–water partition coefficient (Wildman–Crippen LogP) is 3.20. The van der Waals surface area contributed by atoms with Gasteiger partial charge in [-0.1, -0.05) is 48.3 Å². The van der Waals surface area contributed by atoms with Gasteiger partial charge in [0, 0.05) is 12.1 Å². The Kier molecular flexibility index (Phi) is 4.53. The van der Waals surface area contributed by atoms with E-state index < -0.39 is 0 Å². The number of hydrogen-bond donors (Lipinski definition) is 2. The molecular weight excluding hydrogens is 278 g/mol. The molecule has 3 rings (SSSR count).